The first-order valence-corrected chi connectivity index (χ1v) is 9.99. The lowest BCUT2D eigenvalue weighted by Crippen LogP contribution is -2.29. The Labute approximate surface area is 179 Å². The van der Waals surface area contributed by atoms with Crippen LogP contribution in [0.3, 0.4) is 0 Å². The summed E-state index contributed by atoms with van der Waals surface area (Å²) >= 11 is 6.11. The molecule has 3 aromatic rings. The van der Waals surface area contributed by atoms with Crippen molar-refractivity contribution in [3.63, 3.8) is 0 Å². The van der Waals surface area contributed by atoms with Gasteiger partial charge in [0.25, 0.3) is 5.91 Å². The lowest BCUT2D eigenvalue weighted by atomic mass is 9.97. The zero-order chi connectivity index (χ0) is 21.1. The van der Waals surface area contributed by atoms with Crippen LogP contribution >= 0.6 is 11.6 Å². The summed E-state index contributed by atoms with van der Waals surface area (Å²) in [7, 11) is 3.18. The maximum absolute atomic E-state index is 13.2. The van der Waals surface area contributed by atoms with Gasteiger partial charge in [-0.2, -0.15) is 0 Å². The van der Waals surface area contributed by atoms with Crippen molar-refractivity contribution in [2.75, 3.05) is 33.9 Å². The summed E-state index contributed by atoms with van der Waals surface area (Å²) in [6, 6.07) is 14.6. The first kappa shape index (κ1) is 20.4. The fourth-order valence-corrected chi connectivity index (χ4v) is 3.97. The molecule has 1 aliphatic heterocycles. The van der Waals surface area contributed by atoms with E-state index in [1.165, 1.54) is 7.11 Å². The lowest BCUT2D eigenvalue weighted by Gasteiger charge is -2.18. The number of likely N-dealkylation sites (tertiary alicyclic amines) is 1. The number of rotatable bonds is 6. The second kappa shape index (κ2) is 8.85. The summed E-state index contributed by atoms with van der Waals surface area (Å²) in [6.45, 7) is 1.43. The van der Waals surface area contributed by atoms with Crippen molar-refractivity contribution in [3.05, 3.63) is 65.0 Å². The molecule has 0 N–H and O–H groups in total. The van der Waals surface area contributed by atoms with Gasteiger partial charge in [-0.1, -0.05) is 29.8 Å². The minimum absolute atomic E-state index is 0.0354. The molecule has 1 aliphatic rings. The Bertz CT molecular complexity index is 1020. The molecule has 1 aromatic heterocycles. The first-order chi connectivity index (χ1) is 14.6. The topological polar surface area (TPSA) is 77.7 Å². The SMILES string of the molecule is COC[C@@H]1CN(C(=O)c2cc(Cl)ccc2OC)C[C@H]1c1nnc(-c2ccccc2)o1. The number of hydrogen-bond donors (Lipinski definition) is 0. The van der Waals surface area contributed by atoms with Crippen molar-refractivity contribution >= 4 is 17.5 Å². The number of benzene rings is 2. The summed E-state index contributed by atoms with van der Waals surface area (Å²) in [5.41, 5.74) is 1.28. The molecule has 0 saturated carbocycles. The molecule has 0 unspecified atom stereocenters. The average Bonchev–Trinajstić information content (AvgIpc) is 3.41. The van der Waals surface area contributed by atoms with Gasteiger partial charge in [0.2, 0.25) is 11.8 Å². The third kappa shape index (κ3) is 4.04. The molecule has 30 heavy (non-hydrogen) atoms. The van der Waals surface area contributed by atoms with Gasteiger partial charge in [-0.15, -0.1) is 10.2 Å². The Morgan fingerprint density at radius 2 is 1.97 bits per heavy atom. The summed E-state index contributed by atoms with van der Waals surface area (Å²) < 4.78 is 16.7. The van der Waals surface area contributed by atoms with Gasteiger partial charge in [0.1, 0.15) is 5.75 Å². The van der Waals surface area contributed by atoms with Crippen molar-refractivity contribution in [1.29, 1.82) is 0 Å². The number of hydrogen-bond acceptors (Lipinski definition) is 6. The normalized spacial score (nSPS) is 18.6. The Balaban J connectivity index is 1.59. The van der Waals surface area contributed by atoms with Gasteiger partial charge >= 0.3 is 0 Å². The number of nitrogens with zero attached hydrogens (tertiary/aromatic N) is 3. The molecule has 4 rings (SSSR count). The van der Waals surface area contributed by atoms with Gasteiger partial charge in [0.05, 0.1) is 25.2 Å². The van der Waals surface area contributed by atoms with Crippen molar-refractivity contribution in [3.8, 4) is 17.2 Å². The predicted molar refractivity (Wildman–Crippen MR) is 112 cm³/mol. The van der Waals surface area contributed by atoms with Crippen LogP contribution in [0.1, 0.15) is 22.2 Å². The molecule has 2 atom stereocenters. The van der Waals surface area contributed by atoms with Crippen molar-refractivity contribution in [2.24, 2.45) is 5.92 Å². The van der Waals surface area contributed by atoms with E-state index in [1.54, 1.807) is 30.2 Å². The van der Waals surface area contributed by atoms with Crippen LogP contribution < -0.4 is 4.74 Å². The molecule has 2 heterocycles. The molecule has 8 heteroatoms. The highest BCUT2D eigenvalue weighted by Crippen LogP contribution is 2.35. The molecule has 2 aromatic carbocycles. The molecule has 1 fully saturated rings. The number of aromatic nitrogens is 2. The number of halogens is 1. The third-order valence-corrected chi connectivity index (χ3v) is 5.51. The van der Waals surface area contributed by atoms with Gasteiger partial charge in [0, 0.05) is 36.7 Å². The zero-order valence-electron chi connectivity index (χ0n) is 16.7. The van der Waals surface area contributed by atoms with E-state index < -0.39 is 0 Å². The second-order valence-corrected chi connectivity index (χ2v) is 7.62. The van der Waals surface area contributed by atoms with Gasteiger partial charge < -0.3 is 18.8 Å². The molecule has 1 saturated heterocycles. The monoisotopic (exact) mass is 427 g/mol. The van der Waals surface area contributed by atoms with Gasteiger partial charge in [-0.05, 0) is 30.3 Å². The Hall–Kier alpha value is -2.90. The van der Waals surface area contributed by atoms with Crippen LogP contribution in [-0.4, -0.2) is 54.9 Å². The van der Waals surface area contributed by atoms with Crippen LogP contribution in [-0.2, 0) is 4.74 Å². The molecule has 1 amide bonds. The van der Waals surface area contributed by atoms with E-state index in [2.05, 4.69) is 10.2 Å². The molecule has 0 radical (unpaired) electrons. The summed E-state index contributed by atoms with van der Waals surface area (Å²) in [4.78, 5) is 15.0. The molecule has 0 spiro atoms. The van der Waals surface area contributed by atoms with Crippen LogP contribution in [0.2, 0.25) is 5.02 Å². The van der Waals surface area contributed by atoms with Crippen LogP contribution in [0.5, 0.6) is 5.75 Å². The highest BCUT2D eigenvalue weighted by atomic mass is 35.5. The number of carbonyl (C=O) groups is 1. The van der Waals surface area contributed by atoms with Crippen LogP contribution in [0.15, 0.2) is 52.9 Å². The standard InChI is InChI=1S/C22H22ClN3O4/c1-28-13-15-11-26(22(27)17-10-16(23)8-9-19(17)29-2)12-18(15)21-25-24-20(30-21)14-6-4-3-5-7-14/h3-10,15,18H,11-13H2,1-2H3/t15-,18+/m0/s1. The van der Waals surface area contributed by atoms with Gasteiger partial charge in [-0.3, -0.25) is 4.79 Å². The number of amides is 1. The molecular weight excluding hydrogens is 406 g/mol. The van der Waals surface area contributed by atoms with Crippen LogP contribution in [0, 0.1) is 5.92 Å². The highest BCUT2D eigenvalue weighted by molar-refractivity contribution is 6.31. The maximum atomic E-state index is 13.2. The minimum atomic E-state index is -0.152. The summed E-state index contributed by atoms with van der Waals surface area (Å²) in [5.74, 6) is 1.21. The molecule has 0 aliphatic carbocycles. The maximum Gasteiger partial charge on any atom is 0.257 e. The fraction of sp³-hybridized carbons (Fsp3) is 0.318. The highest BCUT2D eigenvalue weighted by Gasteiger charge is 2.40. The summed E-state index contributed by atoms with van der Waals surface area (Å²) in [5, 5.41) is 8.94. The van der Waals surface area contributed by atoms with Gasteiger partial charge in [-0.25, -0.2) is 0 Å². The van der Waals surface area contributed by atoms with Crippen LogP contribution in [0.25, 0.3) is 11.5 Å². The van der Waals surface area contributed by atoms with Crippen molar-refractivity contribution < 1.29 is 18.7 Å². The van der Waals surface area contributed by atoms with E-state index in [9.17, 15) is 4.79 Å². The summed E-state index contributed by atoms with van der Waals surface area (Å²) in [6.07, 6.45) is 0. The molecule has 7 nitrogen and oxygen atoms in total. The Kier molecular flexibility index (Phi) is 6.01. The fourth-order valence-electron chi connectivity index (χ4n) is 3.80. The smallest absolute Gasteiger partial charge is 0.257 e. The predicted octanol–water partition coefficient (Wildman–Crippen LogP) is 3.90. The van der Waals surface area contributed by atoms with Crippen molar-refractivity contribution in [1.82, 2.24) is 15.1 Å². The van der Waals surface area contributed by atoms with E-state index in [0.29, 0.717) is 47.8 Å². The Morgan fingerprint density at radius 3 is 2.70 bits per heavy atom. The molecule has 156 valence electrons. The number of ether oxygens (including phenoxy) is 2. The van der Waals surface area contributed by atoms with E-state index in [4.69, 9.17) is 25.5 Å². The minimum Gasteiger partial charge on any atom is -0.496 e. The lowest BCUT2D eigenvalue weighted by molar-refractivity contribution is 0.0772. The van der Waals surface area contributed by atoms with E-state index in [0.717, 1.165) is 5.56 Å². The van der Waals surface area contributed by atoms with E-state index >= 15 is 0 Å². The third-order valence-electron chi connectivity index (χ3n) is 5.28. The van der Waals surface area contributed by atoms with E-state index in [1.807, 2.05) is 30.3 Å². The van der Waals surface area contributed by atoms with Crippen LogP contribution in [0.4, 0.5) is 0 Å². The molecular formula is C22H22ClN3O4. The number of carbonyl (C=O) groups excluding carboxylic acids is 1. The molecule has 0 bridgehead atoms. The number of methoxy groups -OCH3 is 2. The largest absolute Gasteiger partial charge is 0.496 e. The van der Waals surface area contributed by atoms with E-state index in [-0.39, 0.29) is 17.7 Å². The zero-order valence-corrected chi connectivity index (χ0v) is 17.5. The average molecular weight is 428 g/mol. The first-order valence-electron chi connectivity index (χ1n) is 9.61. The van der Waals surface area contributed by atoms with Gasteiger partial charge in [0.15, 0.2) is 0 Å². The Morgan fingerprint density at radius 1 is 1.17 bits per heavy atom. The second-order valence-electron chi connectivity index (χ2n) is 7.19. The quantitative estimate of drug-likeness (QED) is 0.593. The van der Waals surface area contributed by atoms with Crippen molar-refractivity contribution in [2.45, 2.75) is 5.92 Å².